The molecule has 0 aromatic heterocycles. The Morgan fingerprint density at radius 3 is 2.94 bits per heavy atom. The highest BCUT2D eigenvalue weighted by Crippen LogP contribution is 2.43. The van der Waals surface area contributed by atoms with Crippen LogP contribution in [0.15, 0.2) is 6.07 Å². The molecule has 2 N–H and O–H groups in total. The van der Waals surface area contributed by atoms with E-state index in [0.717, 1.165) is 12.1 Å². The van der Waals surface area contributed by atoms with Crippen LogP contribution in [-0.2, 0) is 6.42 Å². The van der Waals surface area contributed by atoms with Crippen molar-refractivity contribution in [3.05, 3.63) is 16.7 Å². The number of halogens is 1. The molecule has 0 fully saturated rings. The molecule has 16 heavy (non-hydrogen) atoms. The lowest BCUT2D eigenvalue weighted by Crippen LogP contribution is -2.18. The first-order valence-electron chi connectivity index (χ1n) is 5.18. The van der Waals surface area contributed by atoms with E-state index in [1.54, 1.807) is 0 Å². The van der Waals surface area contributed by atoms with Gasteiger partial charge in [-0.1, -0.05) is 11.6 Å². The standard InChI is InChI=1S/C11H14ClNO3/c1-13-3-2-7-10(12)8(14)6-9-11(7)16-5-4-15-9/h6,13-14H,2-5H2,1H3. The highest BCUT2D eigenvalue weighted by molar-refractivity contribution is 6.33. The molecular weight excluding hydrogens is 230 g/mol. The molecule has 88 valence electrons. The molecular formula is C11H14ClNO3. The number of fused-ring (bicyclic) bond motifs is 1. The van der Waals surface area contributed by atoms with Crippen LogP contribution in [0.25, 0.3) is 0 Å². The number of aromatic hydroxyl groups is 1. The fraction of sp³-hybridized carbons (Fsp3) is 0.455. The van der Waals surface area contributed by atoms with Gasteiger partial charge in [0.25, 0.3) is 0 Å². The van der Waals surface area contributed by atoms with Crippen LogP contribution in [0.1, 0.15) is 5.56 Å². The van der Waals surface area contributed by atoms with Crippen molar-refractivity contribution >= 4 is 11.6 Å². The van der Waals surface area contributed by atoms with Gasteiger partial charge in [-0.3, -0.25) is 0 Å². The van der Waals surface area contributed by atoms with Crippen molar-refractivity contribution in [1.29, 1.82) is 0 Å². The van der Waals surface area contributed by atoms with Gasteiger partial charge in [0.05, 0.1) is 5.02 Å². The first-order chi connectivity index (χ1) is 7.74. The predicted octanol–water partition coefficient (Wildman–Crippen LogP) is 1.58. The Bertz CT molecular complexity index is 395. The van der Waals surface area contributed by atoms with Crippen LogP contribution in [0.5, 0.6) is 17.2 Å². The van der Waals surface area contributed by atoms with Gasteiger partial charge in [0.15, 0.2) is 11.5 Å². The largest absolute Gasteiger partial charge is 0.506 e. The summed E-state index contributed by atoms with van der Waals surface area (Å²) >= 11 is 6.05. The molecule has 1 aliphatic heterocycles. The lowest BCUT2D eigenvalue weighted by molar-refractivity contribution is 0.169. The number of likely N-dealkylation sites (N-methyl/N-ethyl adjacent to an activating group) is 1. The maximum atomic E-state index is 9.67. The van der Waals surface area contributed by atoms with Gasteiger partial charge in [-0.2, -0.15) is 0 Å². The maximum Gasteiger partial charge on any atom is 0.166 e. The van der Waals surface area contributed by atoms with Gasteiger partial charge in [-0.15, -0.1) is 0 Å². The number of nitrogens with one attached hydrogen (secondary N) is 1. The summed E-state index contributed by atoms with van der Waals surface area (Å²) < 4.78 is 11.0. The molecule has 5 heteroatoms. The van der Waals surface area contributed by atoms with Gasteiger partial charge in [-0.05, 0) is 20.0 Å². The van der Waals surface area contributed by atoms with Crippen LogP contribution in [0.2, 0.25) is 5.02 Å². The zero-order valence-electron chi connectivity index (χ0n) is 9.05. The van der Waals surface area contributed by atoms with Crippen molar-refractivity contribution in [2.24, 2.45) is 0 Å². The summed E-state index contributed by atoms with van der Waals surface area (Å²) in [4.78, 5) is 0. The zero-order chi connectivity index (χ0) is 11.5. The van der Waals surface area contributed by atoms with Crippen LogP contribution in [0.3, 0.4) is 0 Å². The molecule has 0 aliphatic carbocycles. The van der Waals surface area contributed by atoms with Crippen LogP contribution in [-0.4, -0.2) is 31.9 Å². The Morgan fingerprint density at radius 2 is 2.19 bits per heavy atom. The monoisotopic (exact) mass is 243 g/mol. The molecule has 0 saturated heterocycles. The third-order valence-electron chi connectivity index (χ3n) is 2.47. The number of phenols is 1. The van der Waals surface area contributed by atoms with E-state index in [1.807, 2.05) is 7.05 Å². The number of hydrogen-bond donors (Lipinski definition) is 2. The second-order valence-electron chi connectivity index (χ2n) is 3.57. The summed E-state index contributed by atoms with van der Waals surface area (Å²) in [6.45, 7) is 1.78. The molecule has 1 heterocycles. The smallest absolute Gasteiger partial charge is 0.166 e. The minimum Gasteiger partial charge on any atom is -0.506 e. The van der Waals surface area contributed by atoms with E-state index in [0.29, 0.717) is 36.2 Å². The topological polar surface area (TPSA) is 50.7 Å². The zero-order valence-corrected chi connectivity index (χ0v) is 9.80. The number of rotatable bonds is 3. The fourth-order valence-electron chi connectivity index (χ4n) is 1.69. The molecule has 0 bridgehead atoms. The number of hydrogen-bond acceptors (Lipinski definition) is 4. The maximum absolute atomic E-state index is 9.67. The van der Waals surface area contributed by atoms with Crippen molar-refractivity contribution in [2.75, 3.05) is 26.8 Å². The molecule has 0 saturated carbocycles. The van der Waals surface area contributed by atoms with Gasteiger partial charge >= 0.3 is 0 Å². The average molecular weight is 244 g/mol. The van der Waals surface area contributed by atoms with E-state index in [2.05, 4.69) is 5.32 Å². The molecule has 2 rings (SSSR count). The normalized spacial score (nSPS) is 13.9. The van der Waals surface area contributed by atoms with Crippen molar-refractivity contribution < 1.29 is 14.6 Å². The Labute approximate surface area is 99.1 Å². The summed E-state index contributed by atoms with van der Waals surface area (Å²) in [6, 6.07) is 1.50. The van der Waals surface area contributed by atoms with Crippen molar-refractivity contribution in [1.82, 2.24) is 5.32 Å². The van der Waals surface area contributed by atoms with Crippen molar-refractivity contribution in [3.8, 4) is 17.2 Å². The van der Waals surface area contributed by atoms with Gasteiger partial charge in [-0.25, -0.2) is 0 Å². The fourth-order valence-corrected chi connectivity index (χ4v) is 1.93. The van der Waals surface area contributed by atoms with Crippen LogP contribution in [0, 0.1) is 0 Å². The van der Waals surface area contributed by atoms with E-state index < -0.39 is 0 Å². The minimum atomic E-state index is 0.0389. The first kappa shape index (κ1) is 11.4. The van der Waals surface area contributed by atoms with E-state index in [-0.39, 0.29) is 5.75 Å². The highest BCUT2D eigenvalue weighted by atomic mass is 35.5. The SMILES string of the molecule is CNCCc1c(Cl)c(O)cc2c1OCCO2. The van der Waals surface area contributed by atoms with Crippen molar-refractivity contribution in [3.63, 3.8) is 0 Å². The van der Waals surface area contributed by atoms with E-state index in [4.69, 9.17) is 21.1 Å². The lowest BCUT2D eigenvalue weighted by atomic mass is 10.1. The summed E-state index contributed by atoms with van der Waals surface area (Å²) in [5, 5.41) is 13.0. The predicted molar refractivity (Wildman–Crippen MR) is 61.7 cm³/mol. The average Bonchev–Trinajstić information content (AvgIpc) is 2.30. The number of ether oxygens (including phenoxy) is 2. The third-order valence-corrected chi connectivity index (χ3v) is 2.89. The summed E-state index contributed by atoms with van der Waals surface area (Å²) in [7, 11) is 1.86. The van der Waals surface area contributed by atoms with Gasteiger partial charge in [0.2, 0.25) is 0 Å². The molecule has 0 radical (unpaired) electrons. The lowest BCUT2D eigenvalue weighted by Gasteiger charge is -2.22. The Hall–Kier alpha value is -1.13. The summed E-state index contributed by atoms with van der Waals surface area (Å²) in [5.41, 5.74) is 0.797. The van der Waals surface area contributed by atoms with Gasteiger partial charge < -0.3 is 19.9 Å². The number of benzene rings is 1. The molecule has 0 unspecified atom stereocenters. The second kappa shape index (κ2) is 4.80. The van der Waals surface area contributed by atoms with Gasteiger partial charge in [0, 0.05) is 11.6 Å². The van der Waals surface area contributed by atoms with Crippen LogP contribution < -0.4 is 14.8 Å². The Morgan fingerprint density at radius 1 is 1.44 bits per heavy atom. The van der Waals surface area contributed by atoms with Gasteiger partial charge in [0.1, 0.15) is 19.0 Å². The second-order valence-corrected chi connectivity index (χ2v) is 3.94. The molecule has 0 atom stereocenters. The first-order valence-corrected chi connectivity index (χ1v) is 5.56. The summed E-state index contributed by atoms with van der Waals surface area (Å²) in [5.74, 6) is 1.26. The molecule has 1 aliphatic rings. The summed E-state index contributed by atoms with van der Waals surface area (Å²) in [6.07, 6.45) is 0.690. The van der Waals surface area contributed by atoms with E-state index in [9.17, 15) is 5.11 Å². The Balaban J connectivity index is 2.41. The van der Waals surface area contributed by atoms with Crippen molar-refractivity contribution in [2.45, 2.75) is 6.42 Å². The quantitative estimate of drug-likeness (QED) is 0.846. The molecule has 1 aromatic carbocycles. The number of phenolic OH excluding ortho intramolecular Hbond substituents is 1. The van der Waals surface area contributed by atoms with E-state index >= 15 is 0 Å². The van der Waals surface area contributed by atoms with Crippen LogP contribution in [0.4, 0.5) is 0 Å². The third kappa shape index (κ3) is 2.03. The highest BCUT2D eigenvalue weighted by Gasteiger charge is 2.21. The Kier molecular flexibility index (Phi) is 3.41. The molecule has 0 amide bonds. The molecule has 4 nitrogen and oxygen atoms in total. The molecule has 1 aromatic rings. The van der Waals surface area contributed by atoms with E-state index in [1.165, 1.54) is 6.07 Å². The molecule has 0 spiro atoms. The van der Waals surface area contributed by atoms with Crippen LogP contribution >= 0.6 is 11.6 Å². The minimum absolute atomic E-state index is 0.0389.